The number of nitrogens with one attached hydrogen (secondary N) is 2. The number of hydrogen-bond donors (Lipinski definition) is 3. The van der Waals surface area contributed by atoms with Gasteiger partial charge in [0.25, 0.3) is 0 Å². The van der Waals surface area contributed by atoms with E-state index in [9.17, 15) is 19.1 Å². The van der Waals surface area contributed by atoms with E-state index >= 15 is 4.39 Å². The van der Waals surface area contributed by atoms with Crippen molar-refractivity contribution in [3.63, 3.8) is 0 Å². The van der Waals surface area contributed by atoms with Crippen LogP contribution in [0.4, 0.5) is 18.4 Å². The number of aromatic nitrogens is 5. The lowest BCUT2D eigenvalue weighted by Gasteiger charge is -2.34. The molecule has 13 nitrogen and oxygen atoms in total. The summed E-state index contributed by atoms with van der Waals surface area (Å²) < 4.78 is 43.2. The predicted octanol–water partition coefficient (Wildman–Crippen LogP) is 6.16. The second-order valence-corrected chi connectivity index (χ2v) is 19.5. The molecule has 3 aromatic heterocycles. The Morgan fingerprint density at radius 1 is 0.960 bits per heavy atom. The third-order valence-corrected chi connectivity index (χ3v) is 11.0. The largest absolute Gasteiger partial charge is 0.465 e. The van der Waals surface area contributed by atoms with Gasteiger partial charge in [-0.3, -0.25) is 14.5 Å². The maximum absolute atomic E-state index is 15.0. The van der Waals surface area contributed by atoms with Crippen molar-refractivity contribution in [2.45, 2.75) is 75.4 Å². The Kier molecular flexibility index (Phi) is 10.6. The molecule has 0 radical (unpaired) electrons. The molecule has 16 heteroatoms. The van der Waals surface area contributed by atoms with Gasteiger partial charge in [0.15, 0.2) is 24.1 Å². The summed E-state index contributed by atoms with van der Waals surface area (Å²) in [4.78, 5) is 45.3. The van der Waals surface area contributed by atoms with E-state index in [2.05, 4.69) is 50.2 Å². The number of nitrogens with zero attached hydrogens (tertiary/aromatic N) is 6. The average Bonchev–Trinajstić information content (AvgIpc) is 3.39. The number of halogens is 2. The van der Waals surface area contributed by atoms with Crippen LogP contribution in [0.25, 0.3) is 11.2 Å². The van der Waals surface area contributed by atoms with E-state index in [0.29, 0.717) is 56.3 Å². The molecule has 50 heavy (non-hydrogen) atoms. The maximum Gasteiger partial charge on any atom is 0.405 e. The smallest absolute Gasteiger partial charge is 0.405 e. The van der Waals surface area contributed by atoms with Crippen molar-refractivity contribution < 1.29 is 33.0 Å². The third kappa shape index (κ3) is 7.86. The number of carbonyl (C=O) groups excluding carboxylic acids is 1. The highest BCUT2D eigenvalue weighted by molar-refractivity contribution is 6.76. The van der Waals surface area contributed by atoms with E-state index in [-0.39, 0.29) is 36.5 Å². The monoisotopic (exact) mass is 708 g/mol. The Morgan fingerprint density at radius 2 is 1.72 bits per heavy atom. The number of pyridine rings is 1. The molecule has 0 spiro atoms. The standard InChI is InChI=1S/C34H42F2N8O5Si/c1-50(2,3)19-18-48-20-49-33-42-31-26(8-5-13-39-31)44(33)21-11-16-43(17-12-21)32(45)40-25-10-9-23(22-6-4-7-24(35)27(22)36)28(41-34(46)47)30-29(25)37-14-15-38-30/h4-8,13-15,21,23,25,28,41H,9-12,16-20H2,1-3H3,(H,40,45)(H,46,47)/t23-,25-,28+/m1/s1. The summed E-state index contributed by atoms with van der Waals surface area (Å²) in [6.45, 7) is 8.47. The first-order valence-corrected chi connectivity index (χ1v) is 20.5. The summed E-state index contributed by atoms with van der Waals surface area (Å²) in [7, 11) is -1.24. The van der Waals surface area contributed by atoms with Crippen LogP contribution in [-0.2, 0) is 4.74 Å². The van der Waals surface area contributed by atoms with Gasteiger partial charge in [0.05, 0.1) is 29.0 Å². The van der Waals surface area contributed by atoms with Gasteiger partial charge in [-0.25, -0.2) is 23.4 Å². The van der Waals surface area contributed by atoms with Crippen LogP contribution in [0.5, 0.6) is 6.01 Å². The minimum absolute atomic E-state index is 0.000482. The Bertz CT molecular complexity index is 1830. The van der Waals surface area contributed by atoms with Crippen molar-refractivity contribution in [1.29, 1.82) is 0 Å². The van der Waals surface area contributed by atoms with E-state index in [1.54, 1.807) is 11.1 Å². The highest BCUT2D eigenvalue weighted by Crippen LogP contribution is 2.43. The SMILES string of the molecule is C[Si](C)(C)CCOCOc1nc2ncccc2n1C1CCN(C(=O)N[C@@H]2CC[C@H](c3cccc(F)c3F)[C@H](NC(=O)O)c3nccnc32)CC1. The summed E-state index contributed by atoms with van der Waals surface area (Å²) in [5, 5.41) is 15.2. The molecule has 0 unspecified atom stereocenters. The molecule has 1 fully saturated rings. The number of carboxylic acid groups (broad SMARTS) is 1. The molecule has 1 aliphatic carbocycles. The van der Waals surface area contributed by atoms with Crippen molar-refractivity contribution in [2.24, 2.45) is 0 Å². The Labute approximate surface area is 289 Å². The van der Waals surface area contributed by atoms with Gasteiger partial charge in [0.1, 0.15) is 0 Å². The van der Waals surface area contributed by atoms with Gasteiger partial charge in [0, 0.05) is 58.3 Å². The number of carbonyl (C=O) groups is 2. The fourth-order valence-corrected chi connectivity index (χ4v) is 7.51. The zero-order valence-corrected chi connectivity index (χ0v) is 29.3. The van der Waals surface area contributed by atoms with Crippen LogP contribution < -0.4 is 15.4 Å². The van der Waals surface area contributed by atoms with E-state index < -0.39 is 43.8 Å². The van der Waals surface area contributed by atoms with Crippen molar-refractivity contribution in [3.05, 3.63) is 77.5 Å². The molecule has 1 aliphatic heterocycles. The fraction of sp³-hybridized carbons (Fsp3) is 0.471. The molecule has 6 rings (SSSR count). The van der Waals surface area contributed by atoms with Crippen LogP contribution in [0, 0.1) is 11.6 Å². The summed E-state index contributed by atoms with van der Waals surface area (Å²) in [6.07, 6.45) is 5.00. The quantitative estimate of drug-likeness (QED) is 0.0760. The third-order valence-electron chi connectivity index (χ3n) is 9.33. The average molecular weight is 709 g/mol. The molecular formula is C34H42F2N8O5Si. The molecule has 0 saturated carbocycles. The van der Waals surface area contributed by atoms with Crippen LogP contribution in [0.1, 0.15) is 66.7 Å². The van der Waals surface area contributed by atoms with Crippen molar-refractivity contribution in [2.75, 3.05) is 26.5 Å². The first-order valence-electron chi connectivity index (χ1n) is 16.8. The Balaban J connectivity index is 1.15. The lowest BCUT2D eigenvalue weighted by molar-refractivity contribution is 0.0128. The Hall–Kier alpha value is -4.70. The number of urea groups is 1. The number of ether oxygens (including phenoxy) is 2. The molecule has 3 amide bonds. The lowest BCUT2D eigenvalue weighted by atomic mass is 9.86. The topological polar surface area (TPSA) is 157 Å². The molecule has 1 aromatic carbocycles. The van der Waals surface area contributed by atoms with Gasteiger partial charge < -0.3 is 30.1 Å². The molecule has 4 aromatic rings. The van der Waals surface area contributed by atoms with Gasteiger partial charge in [-0.2, -0.15) is 4.98 Å². The number of imidazole rings is 1. The molecule has 1 saturated heterocycles. The van der Waals surface area contributed by atoms with Crippen LogP contribution in [-0.4, -0.2) is 81.2 Å². The summed E-state index contributed by atoms with van der Waals surface area (Å²) in [5.74, 6) is -2.87. The number of likely N-dealkylation sites (tertiary alicyclic amines) is 1. The first kappa shape index (κ1) is 35.1. The van der Waals surface area contributed by atoms with Crippen molar-refractivity contribution in [1.82, 2.24) is 40.0 Å². The zero-order valence-electron chi connectivity index (χ0n) is 28.3. The van der Waals surface area contributed by atoms with Gasteiger partial charge in [-0.15, -0.1) is 0 Å². The predicted molar refractivity (Wildman–Crippen MR) is 183 cm³/mol. The summed E-state index contributed by atoms with van der Waals surface area (Å²) in [6, 6.07) is 7.13. The van der Waals surface area contributed by atoms with Crippen LogP contribution in [0.2, 0.25) is 25.7 Å². The van der Waals surface area contributed by atoms with E-state index in [4.69, 9.17) is 9.47 Å². The van der Waals surface area contributed by atoms with Crippen molar-refractivity contribution in [3.8, 4) is 6.01 Å². The second kappa shape index (κ2) is 15.0. The zero-order chi connectivity index (χ0) is 35.4. The van der Waals surface area contributed by atoms with Gasteiger partial charge in [-0.1, -0.05) is 31.8 Å². The molecular weight excluding hydrogens is 667 g/mol. The fourth-order valence-electron chi connectivity index (χ4n) is 6.76. The molecule has 3 atom stereocenters. The van der Waals surface area contributed by atoms with E-state index in [1.807, 2.05) is 16.7 Å². The number of benzene rings is 1. The van der Waals surface area contributed by atoms with E-state index in [1.165, 1.54) is 24.5 Å². The number of fused-ring (bicyclic) bond motifs is 2. The van der Waals surface area contributed by atoms with Crippen molar-refractivity contribution >= 4 is 31.4 Å². The number of rotatable bonds is 10. The van der Waals surface area contributed by atoms with Gasteiger partial charge >= 0.3 is 18.1 Å². The maximum atomic E-state index is 15.0. The number of amides is 3. The normalized spacial score (nSPS) is 19.9. The molecule has 2 aliphatic rings. The second-order valence-electron chi connectivity index (χ2n) is 13.9. The lowest BCUT2D eigenvalue weighted by Crippen LogP contribution is -2.46. The van der Waals surface area contributed by atoms with Crippen LogP contribution in [0.3, 0.4) is 0 Å². The summed E-state index contributed by atoms with van der Waals surface area (Å²) in [5.41, 5.74) is 2.07. The van der Waals surface area contributed by atoms with Crippen LogP contribution >= 0.6 is 0 Å². The number of piperidine rings is 1. The molecule has 4 heterocycles. The van der Waals surface area contributed by atoms with E-state index in [0.717, 1.165) is 17.6 Å². The highest BCUT2D eigenvalue weighted by Gasteiger charge is 2.38. The van der Waals surface area contributed by atoms with Gasteiger partial charge in [-0.05, 0) is 55.5 Å². The minimum Gasteiger partial charge on any atom is -0.465 e. The minimum atomic E-state index is -1.34. The molecule has 266 valence electrons. The van der Waals surface area contributed by atoms with Crippen LogP contribution in [0.15, 0.2) is 48.9 Å². The van der Waals surface area contributed by atoms with Gasteiger partial charge in [0.2, 0.25) is 0 Å². The molecule has 0 bridgehead atoms. The Morgan fingerprint density at radius 3 is 2.46 bits per heavy atom. The highest BCUT2D eigenvalue weighted by atomic mass is 28.3. The summed E-state index contributed by atoms with van der Waals surface area (Å²) >= 11 is 0. The first-order chi connectivity index (χ1) is 24.0. The molecule has 3 N–H and O–H groups in total. The number of hydrogen-bond acceptors (Lipinski definition) is 8.